The van der Waals surface area contributed by atoms with E-state index in [0.717, 1.165) is 11.1 Å². The molecule has 0 unspecified atom stereocenters. The van der Waals surface area contributed by atoms with Crippen LogP contribution in [0.15, 0.2) is 48.5 Å². The first-order chi connectivity index (χ1) is 10.0. The van der Waals surface area contributed by atoms with Gasteiger partial charge in [-0.2, -0.15) is 0 Å². The Kier molecular flexibility index (Phi) is 5.20. The Morgan fingerprint density at radius 1 is 1.05 bits per heavy atom. The number of amides is 1. The molecule has 4 nitrogen and oxygen atoms in total. The van der Waals surface area contributed by atoms with Gasteiger partial charge in [-0.1, -0.05) is 35.9 Å². The molecule has 1 amide bonds. The van der Waals surface area contributed by atoms with E-state index in [1.165, 1.54) is 0 Å². The molecule has 0 bridgehead atoms. The van der Waals surface area contributed by atoms with E-state index in [2.05, 4.69) is 0 Å². The van der Waals surface area contributed by atoms with Crippen LogP contribution < -0.4 is 11.5 Å². The number of anilines is 1. The first-order valence-electron chi connectivity index (χ1n) is 6.62. The highest BCUT2D eigenvalue weighted by molar-refractivity contribution is 6.30. The van der Waals surface area contributed by atoms with Gasteiger partial charge in [0.25, 0.3) is 0 Å². The largest absolute Gasteiger partial charge is 0.399 e. The van der Waals surface area contributed by atoms with Crippen LogP contribution in [0.25, 0.3) is 0 Å². The van der Waals surface area contributed by atoms with Gasteiger partial charge in [-0.25, -0.2) is 0 Å². The van der Waals surface area contributed by atoms with Crippen molar-refractivity contribution in [2.45, 2.75) is 13.1 Å². The summed E-state index contributed by atoms with van der Waals surface area (Å²) in [5, 5.41) is 0.691. The summed E-state index contributed by atoms with van der Waals surface area (Å²) in [5.41, 5.74) is 13.9. The maximum atomic E-state index is 11.2. The molecule has 0 aliphatic carbocycles. The first-order valence-corrected chi connectivity index (χ1v) is 7.00. The van der Waals surface area contributed by atoms with E-state index in [1.54, 1.807) is 0 Å². The molecule has 21 heavy (non-hydrogen) atoms. The van der Waals surface area contributed by atoms with Crippen molar-refractivity contribution >= 4 is 23.2 Å². The Bertz CT molecular complexity index is 613. The van der Waals surface area contributed by atoms with Crippen LogP contribution in [0, 0.1) is 0 Å². The molecule has 5 heteroatoms. The number of hydrogen-bond acceptors (Lipinski definition) is 3. The van der Waals surface area contributed by atoms with Gasteiger partial charge in [0.15, 0.2) is 0 Å². The second-order valence-corrected chi connectivity index (χ2v) is 5.42. The van der Waals surface area contributed by atoms with E-state index in [4.69, 9.17) is 23.1 Å². The van der Waals surface area contributed by atoms with Crippen molar-refractivity contribution in [3.8, 4) is 0 Å². The number of rotatable bonds is 6. The highest BCUT2D eigenvalue weighted by Crippen LogP contribution is 2.14. The van der Waals surface area contributed by atoms with E-state index >= 15 is 0 Å². The van der Waals surface area contributed by atoms with Gasteiger partial charge in [0.2, 0.25) is 5.91 Å². The molecule has 0 atom stereocenters. The van der Waals surface area contributed by atoms with Gasteiger partial charge in [-0.15, -0.1) is 0 Å². The molecule has 0 radical (unpaired) electrons. The average molecular weight is 304 g/mol. The van der Waals surface area contributed by atoms with Crippen LogP contribution in [0.1, 0.15) is 11.1 Å². The van der Waals surface area contributed by atoms with Gasteiger partial charge in [-0.3, -0.25) is 9.69 Å². The van der Waals surface area contributed by atoms with Gasteiger partial charge in [-0.05, 0) is 35.4 Å². The predicted octanol–water partition coefficient (Wildman–Crippen LogP) is 2.41. The van der Waals surface area contributed by atoms with Gasteiger partial charge >= 0.3 is 0 Å². The van der Waals surface area contributed by atoms with E-state index in [0.29, 0.717) is 23.8 Å². The molecule has 0 aliphatic rings. The van der Waals surface area contributed by atoms with Crippen LogP contribution in [-0.4, -0.2) is 17.4 Å². The van der Waals surface area contributed by atoms with Crippen molar-refractivity contribution in [3.63, 3.8) is 0 Å². The zero-order valence-corrected chi connectivity index (χ0v) is 12.4. The van der Waals surface area contributed by atoms with Crippen molar-refractivity contribution in [3.05, 3.63) is 64.7 Å². The van der Waals surface area contributed by atoms with E-state index in [-0.39, 0.29) is 12.5 Å². The summed E-state index contributed by atoms with van der Waals surface area (Å²) in [7, 11) is 0. The fraction of sp³-hybridized carbons (Fsp3) is 0.188. The average Bonchev–Trinajstić information content (AvgIpc) is 2.40. The van der Waals surface area contributed by atoms with Crippen LogP contribution in [0.3, 0.4) is 0 Å². The van der Waals surface area contributed by atoms with E-state index in [1.807, 2.05) is 53.4 Å². The number of hydrogen-bond donors (Lipinski definition) is 2. The topological polar surface area (TPSA) is 72.4 Å². The molecule has 0 aliphatic heterocycles. The highest BCUT2D eigenvalue weighted by atomic mass is 35.5. The Morgan fingerprint density at radius 3 is 2.33 bits per heavy atom. The number of nitrogen functional groups attached to an aromatic ring is 1. The molecule has 2 rings (SSSR count). The molecule has 0 spiro atoms. The summed E-state index contributed by atoms with van der Waals surface area (Å²) >= 11 is 5.88. The van der Waals surface area contributed by atoms with Crippen molar-refractivity contribution < 1.29 is 4.79 Å². The molecule has 4 N–H and O–H groups in total. The van der Waals surface area contributed by atoms with Gasteiger partial charge in [0.05, 0.1) is 6.54 Å². The predicted molar refractivity (Wildman–Crippen MR) is 85.6 cm³/mol. The van der Waals surface area contributed by atoms with Crippen LogP contribution in [0.2, 0.25) is 5.02 Å². The lowest BCUT2D eigenvalue weighted by molar-refractivity contribution is -0.119. The van der Waals surface area contributed by atoms with Crippen molar-refractivity contribution in [1.82, 2.24) is 4.90 Å². The lowest BCUT2D eigenvalue weighted by Crippen LogP contribution is -2.33. The van der Waals surface area contributed by atoms with E-state index < -0.39 is 0 Å². The fourth-order valence-electron chi connectivity index (χ4n) is 2.19. The standard InChI is InChI=1S/C16H18ClN3O/c17-14-6-4-12(5-7-14)9-20(11-16(19)21)10-13-2-1-3-15(18)8-13/h1-8H,9-11,18H2,(H2,19,21). The molecule has 0 heterocycles. The Hall–Kier alpha value is -2.04. The quantitative estimate of drug-likeness (QED) is 0.805. The van der Waals surface area contributed by atoms with Crippen LogP contribution >= 0.6 is 11.6 Å². The normalized spacial score (nSPS) is 10.8. The first kappa shape index (κ1) is 15.4. The van der Waals surface area contributed by atoms with Crippen LogP contribution in [0.4, 0.5) is 5.69 Å². The van der Waals surface area contributed by atoms with Gasteiger partial charge in [0.1, 0.15) is 0 Å². The number of nitrogens with two attached hydrogens (primary N) is 2. The van der Waals surface area contributed by atoms with Crippen molar-refractivity contribution in [2.24, 2.45) is 5.73 Å². The molecule has 0 saturated carbocycles. The summed E-state index contributed by atoms with van der Waals surface area (Å²) in [6.45, 7) is 1.42. The molecule has 110 valence electrons. The summed E-state index contributed by atoms with van der Waals surface area (Å²) < 4.78 is 0. The molecule has 2 aromatic rings. The third-order valence-electron chi connectivity index (χ3n) is 3.06. The molecule has 0 aromatic heterocycles. The number of halogens is 1. The lowest BCUT2D eigenvalue weighted by atomic mass is 10.1. The third kappa shape index (κ3) is 5.10. The summed E-state index contributed by atoms with van der Waals surface area (Å²) in [5.74, 6) is -0.354. The van der Waals surface area contributed by atoms with Crippen molar-refractivity contribution in [1.29, 1.82) is 0 Å². The molecule has 0 fully saturated rings. The number of primary amides is 1. The SMILES string of the molecule is NC(=O)CN(Cc1ccc(Cl)cc1)Cc1cccc(N)c1. The minimum atomic E-state index is -0.354. The molecular formula is C16H18ClN3O. The summed E-state index contributed by atoms with van der Waals surface area (Å²) in [4.78, 5) is 13.2. The zero-order valence-electron chi connectivity index (χ0n) is 11.6. The minimum absolute atomic E-state index is 0.192. The molecular weight excluding hydrogens is 286 g/mol. The number of nitrogens with zero attached hydrogens (tertiary/aromatic N) is 1. The zero-order chi connectivity index (χ0) is 15.2. The molecule has 0 saturated heterocycles. The smallest absolute Gasteiger partial charge is 0.231 e. The second kappa shape index (κ2) is 7.11. The fourth-order valence-corrected chi connectivity index (χ4v) is 2.31. The van der Waals surface area contributed by atoms with Gasteiger partial charge < -0.3 is 11.5 Å². The Labute approximate surface area is 129 Å². The van der Waals surface area contributed by atoms with Crippen LogP contribution in [0.5, 0.6) is 0 Å². The monoisotopic (exact) mass is 303 g/mol. The summed E-state index contributed by atoms with van der Waals surface area (Å²) in [6, 6.07) is 15.2. The molecule has 2 aromatic carbocycles. The lowest BCUT2D eigenvalue weighted by Gasteiger charge is -2.21. The third-order valence-corrected chi connectivity index (χ3v) is 3.31. The Morgan fingerprint density at radius 2 is 1.71 bits per heavy atom. The second-order valence-electron chi connectivity index (χ2n) is 4.98. The summed E-state index contributed by atoms with van der Waals surface area (Å²) in [6.07, 6.45) is 0. The van der Waals surface area contributed by atoms with E-state index in [9.17, 15) is 4.79 Å². The maximum Gasteiger partial charge on any atom is 0.231 e. The Balaban J connectivity index is 2.10. The number of carbonyl (C=O) groups is 1. The highest BCUT2D eigenvalue weighted by Gasteiger charge is 2.10. The van der Waals surface area contributed by atoms with Crippen LogP contribution in [-0.2, 0) is 17.9 Å². The maximum absolute atomic E-state index is 11.2. The number of benzene rings is 2. The minimum Gasteiger partial charge on any atom is -0.399 e. The van der Waals surface area contributed by atoms with Gasteiger partial charge in [0, 0.05) is 23.8 Å². The number of carbonyl (C=O) groups excluding carboxylic acids is 1. The van der Waals surface area contributed by atoms with Crippen molar-refractivity contribution in [2.75, 3.05) is 12.3 Å².